The van der Waals surface area contributed by atoms with Gasteiger partial charge in [0.05, 0.1) is 23.1 Å². The van der Waals surface area contributed by atoms with Gasteiger partial charge in [-0.15, -0.1) is 0 Å². The zero-order valence-corrected chi connectivity index (χ0v) is 20.1. The van der Waals surface area contributed by atoms with Gasteiger partial charge in [0.2, 0.25) is 0 Å². The summed E-state index contributed by atoms with van der Waals surface area (Å²) in [5.74, 6) is 0.851. The highest BCUT2D eigenvalue weighted by atomic mass is 16.5. The molecule has 0 bridgehead atoms. The lowest BCUT2D eigenvalue weighted by Crippen LogP contribution is -2.24. The highest BCUT2D eigenvalue weighted by molar-refractivity contribution is 5.98. The van der Waals surface area contributed by atoms with E-state index < -0.39 is 0 Å². The van der Waals surface area contributed by atoms with Crippen molar-refractivity contribution in [1.82, 2.24) is 25.1 Å². The number of aromatic nitrogens is 4. The number of nitrogens with two attached hydrogens (primary N) is 1. The van der Waals surface area contributed by atoms with Gasteiger partial charge >= 0.3 is 0 Å². The summed E-state index contributed by atoms with van der Waals surface area (Å²) in [6.07, 6.45) is 6.11. The Morgan fingerprint density at radius 1 is 1.11 bits per heavy atom. The van der Waals surface area contributed by atoms with Crippen LogP contribution in [-0.4, -0.2) is 31.8 Å². The van der Waals surface area contributed by atoms with Crippen molar-refractivity contribution >= 4 is 22.8 Å². The van der Waals surface area contributed by atoms with Crippen LogP contribution in [0, 0.1) is 0 Å². The van der Waals surface area contributed by atoms with E-state index >= 15 is 0 Å². The molecule has 1 aliphatic carbocycles. The molecule has 1 amide bonds. The number of carbonyl (C=O) groups excluding carboxylic acids is 1. The fraction of sp³-hybridized carbons (Fsp3) is 0.333. The van der Waals surface area contributed by atoms with Crippen molar-refractivity contribution in [3.63, 3.8) is 0 Å². The van der Waals surface area contributed by atoms with Gasteiger partial charge in [-0.25, -0.2) is 14.6 Å². The molecule has 1 aliphatic rings. The second-order valence-electron chi connectivity index (χ2n) is 9.23. The second-order valence-corrected chi connectivity index (χ2v) is 9.23. The molecule has 2 heterocycles. The van der Waals surface area contributed by atoms with Crippen LogP contribution in [0.3, 0.4) is 0 Å². The van der Waals surface area contributed by atoms with Crippen molar-refractivity contribution in [2.24, 2.45) is 0 Å². The van der Waals surface area contributed by atoms with Crippen molar-refractivity contribution in [3.05, 3.63) is 66.0 Å². The van der Waals surface area contributed by atoms with Gasteiger partial charge in [-0.2, -0.15) is 5.10 Å². The molecule has 0 unspecified atom stereocenters. The molecule has 2 aromatic carbocycles. The van der Waals surface area contributed by atoms with Crippen molar-refractivity contribution in [1.29, 1.82) is 0 Å². The average Bonchev–Trinajstić information content (AvgIpc) is 3.52. The molecular weight excluding hydrogens is 440 g/mol. The molecule has 0 aliphatic heterocycles. The van der Waals surface area contributed by atoms with Crippen LogP contribution in [0.15, 0.2) is 54.9 Å². The number of anilines is 1. The maximum atomic E-state index is 12.8. The number of benzene rings is 2. The number of para-hydroxylation sites is 1. The summed E-state index contributed by atoms with van der Waals surface area (Å²) in [6, 6.07) is 15.6. The standard InChI is InChI=1S/C27H30N6O2/c1-17(2)35-22-10-6-5-9-21(22)27(34)29-15-18-11-13-19(14-12-18)24-23-25(28)30-16-31-26(23)33(32-24)20-7-3-4-8-20/h5-6,9-14,16-17,20H,3-4,7-8,15H2,1-2H3,(H,29,34)(H2,28,30,31). The average molecular weight is 471 g/mol. The molecule has 8 nitrogen and oxygen atoms in total. The van der Waals surface area contributed by atoms with E-state index in [4.69, 9.17) is 15.6 Å². The van der Waals surface area contributed by atoms with Gasteiger partial charge in [-0.05, 0) is 44.4 Å². The molecule has 0 atom stereocenters. The summed E-state index contributed by atoms with van der Waals surface area (Å²) in [6.45, 7) is 4.28. The number of nitrogen functional groups attached to an aromatic ring is 1. The number of fused-ring (bicyclic) bond motifs is 1. The monoisotopic (exact) mass is 470 g/mol. The fourth-order valence-electron chi connectivity index (χ4n) is 4.67. The number of hydrogen-bond acceptors (Lipinski definition) is 6. The maximum absolute atomic E-state index is 12.8. The van der Waals surface area contributed by atoms with Crippen LogP contribution in [0.4, 0.5) is 5.82 Å². The third-order valence-corrected chi connectivity index (χ3v) is 6.36. The predicted molar refractivity (Wildman–Crippen MR) is 136 cm³/mol. The second kappa shape index (κ2) is 9.74. The Morgan fingerprint density at radius 3 is 2.60 bits per heavy atom. The fourth-order valence-corrected chi connectivity index (χ4v) is 4.67. The zero-order chi connectivity index (χ0) is 24.4. The number of carbonyl (C=O) groups is 1. The lowest BCUT2D eigenvalue weighted by atomic mass is 10.1. The molecule has 35 heavy (non-hydrogen) atoms. The van der Waals surface area contributed by atoms with Gasteiger partial charge in [0, 0.05) is 12.1 Å². The van der Waals surface area contributed by atoms with E-state index in [1.165, 1.54) is 19.2 Å². The lowest BCUT2D eigenvalue weighted by Gasteiger charge is -2.14. The van der Waals surface area contributed by atoms with Gasteiger partial charge in [-0.3, -0.25) is 4.79 Å². The minimum absolute atomic E-state index is 0.0100. The minimum Gasteiger partial charge on any atom is -0.490 e. The Balaban J connectivity index is 1.35. The van der Waals surface area contributed by atoms with E-state index in [0.29, 0.717) is 29.7 Å². The van der Waals surface area contributed by atoms with Crippen molar-refractivity contribution in [2.45, 2.75) is 58.2 Å². The number of nitrogens with one attached hydrogen (secondary N) is 1. The van der Waals surface area contributed by atoms with E-state index in [0.717, 1.165) is 40.7 Å². The lowest BCUT2D eigenvalue weighted by molar-refractivity contribution is 0.0945. The highest BCUT2D eigenvalue weighted by Crippen LogP contribution is 2.36. The van der Waals surface area contributed by atoms with Crippen LogP contribution in [0.25, 0.3) is 22.3 Å². The molecule has 180 valence electrons. The molecular formula is C27H30N6O2. The van der Waals surface area contributed by atoms with Gasteiger partial charge in [0.1, 0.15) is 23.6 Å². The van der Waals surface area contributed by atoms with Crippen LogP contribution < -0.4 is 15.8 Å². The molecule has 5 rings (SSSR count). The minimum atomic E-state index is -0.170. The topological polar surface area (TPSA) is 108 Å². The summed E-state index contributed by atoms with van der Waals surface area (Å²) in [4.78, 5) is 21.5. The Labute approximate surface area is 204 Å². The Bertz CT molecular complexity index is 1340. The predicted octanol–water partition coefficient (Wildman–Crippen LogP) is 4.91. The summed E-state index contributed by atoms with van der Waals surface area (Å²) in [5.41, 5.74) is 10.3. The largest absolute Gasteiger partial charge is 0.490 e. The molecule has 3 N–H and O–H groups in total. The van der Waals surface area contributed by atoms with Crippen LogP contribution in [-0.2, 0) is 6.54 Å². The maximum Gasteiger partial charge on any atom is 0.255 e. The normalized spacial score (nSPS) is 14.0. The molecule has 2 aromatic heterocycles. The zero-order valence-electron chi connectivity index (χ0n) is 20.1. The number of amides is 1. The SMILES string of the molecule is CC(C)Oc1ccccc1C(=O)NCc1ccc(-c2nn(C3CCCC3)c3ncnc(N)c23)cc1. The summed E-state index contributed by atoms with van der Waals surface area (Å²) >= 11 is 0. The van der Waals surface area contributed by atoms with Crippen LogP contribution >= 0.6 is 0 Å². The van der Waals surface area contributed by atoms with Crippen molar-refractivity contribution in [2.75, 3.05) is 5.73 Å². The Hall–Kier alpha value is -3.94. The van der Waals surface area contributed by atoms with E-state index in [-0.39, 0.29) is 12.0 Å². The molecule has 4 aromatic rings. The third-order valence-electron chi connectivity index (χ3n) is 6.36. The number of hydrogen-bond donors (Lipinski definition) is 2. The molecule has 0 radical (unpaired) electrons. The first kappa shape index (κ1) is 22.8. The van der Waals surface area contributed by atoms with Gasteiger partial charge in [0.25, 0.3) is 5.91 Å². The summed E-state index contributed by atoms with van der Waals surface area (Å²) < 4.78 is 7.80. The van der Waals surface area contributed by atoms with Gasteiger partial charge < -0.3 is 15.8 Å². The molecule has 0 saturated heterocycles. The molecule has 1 saturated carbocycles. The van der Waals surface area contributed by atoms with E-state index in [1.807, 2.05) is 61.0 Å². The van der Waals surface area contributed by atoms with Gasteiger partial charge in [-0.1, -0.05) is 49.2 Å². The quantitative estimate of drug-likeness (QED) is 0.397. The highest BCUT2D eigenvalue weighted by Gasteiger charge is 2.24. The number of ether oxygens (including phenoxy) is 1. The van der Waals surface area contributed by atoms with Crippen molar-refractivity contribution in [3.8, 4) is 17.0 Å². The van der Waals surface area contributed by atoms with Crippen molar-refractivity contribution < 1.29 is 9.53 Å². The smallest absolute Gasteiger partial charge is 0.255 e. The summed E-state index contributed by atoms with van der Waals surface area (Å²) in [7, 11) is 0. The van der Waals surface area contributed by atoms with E-state index in [1.54, 1.807) is 6.07 Å². The first-order valence-corrected chi connectivity index (χ1v) is 12.1. The number of nitrogens with zero attached hydrogens (tertiary/aromatic N) is 4. The third kappa shape index (κ3) is 4.69. The first-order valence-electron chi connectivity index (χ1n) is 12.1. The van der Waals surface area contributed by atoms with Crippen LogP contribution in [0.5, 0.6) is 5.75 Å². The van der Waals surface area contributed by atoms with Crippen LogP contribution in [0.2, 0.25) is 0 Å². The van der Waals surface area contributed by atoms with Crippen LogP contribution in [0.1, 0.15) is 61.5 Å². The van der Waals surface area contributed by atoms with E-state index in [2.05, 4.69) is 15.3 Å². The molecule has 0 spiro atoms. The van der Waals surface area contributed by atoms with E-state index in [9.17, 15) is 4.79 Å². The van der Waals surface area contributed by atoms with Gasteiger partial charge in [0.15, 0.2) is 5.65 Å². The number of rotatable bonds is 7. The first-order chi connectivity index (χ1) is 17.0. The summed E-state index contributed by atoms with van der Waals surface area (Å²) in [5, 5.41) is 8.71. The molecule has 8 heteroatoms. The Morgan fingerprint density at radius 2 is 1.86 bits per heavy atom. The Kier molecular flexibility index (Phi) is 6.35. The molecule has 1 fully saturated rings.